The molecule has 0 aliphatic carbocycles. The minimum atomic E-state index is 0.119. The van der Waals surface area contributed by atoms with Crippen LogP contribution in [0.25, 0.3) is 0 Å². The van der Waals surface area contributed by atoms with Crippen molar-refractivity contribution in [3.8, 4) is 0 Å². The predicted octanol–water partition coefficient (Wildman–Crippen LogP) is 1.81. The van der Waals surface area contributed by atoms with Crippen LogP contribution in [0.5, 0.6) is 0 Å². The smallest absolute Gasteiger partial charge is 0.239 e. The van der Waals surface area contributed by atoms with Crippen LogP contribution in [-0.2, 0) is 17.9 Å². The second-order valence-corrected chi connectivity index (χ2v) is 7.30. The van der Waals surface area contributed by atoms with Crippen LogP contribution >= 0.6 is 0 Å². The highest BCUT2D eigenvalue weighted by Gasteiger charge is 2.31. The van der Waals surface area contributed by atoms with E-state index < -0.39 is 0 Å². The van der Waals surface area contributed by atoms with E-state index in [-0.39, 0.29) is 6.04 Å². The van der Waals surface area contributed by atoms with Gasteiger partial charge < -0.3 is 4.90 Å². The largest absolute Gasteiger partial charge is 0.340 e. The highest BCUT2D eigenvalue weighted by atomic mass is 16.2. The van der Waals surface area contributed by atoms with Gasteiger partial charge in [0.25, 0.3) is 0 Å². The van der Waals surface area contributed by atoms with Crippen LogP contribution in [0.4, 0.5) is 0 Å². The van der Waals surface area contributed by atoms with E-state index in [1.165, 1.54) is 18.4 Å². The normalized spacial score (nSPS) is 23.6. The molecule has 1 atom stereocenters. The van der Waals surface area contributed by atoms with Gasteiger partial charge in [0.1, 0.15) is 0 Å². The van der Waals surface area contributed by atoms with Gasteiger partial charge >= 0.3 is 0 Å². The summed E-state index contributed by atoms with van der Waals surface area (Å²) < 4.78 is 1.98. The first-order valence-corrected chi connectivity index (χ1v) is 9.97. The first kappa shape index (κ1) is 18.4. The third-order valence-electron chi connectivity index (χ3n) is 5.62. The van der Waals surface area contributed by atoms with E-state index >= 15 is 0 Å². The van der Waals surface area contributed by atoms with Crippen molar-refractivity contribution in [3.63, 3.8) is 0 Å². The lowest BCUT2D eigenvalue weighted by molar-refractivity contribution is -0.138. The Morgan fingerprint density at radius 2 is 1.96 bits per heavy atom. The molecule has 140 valence electrons. The Morgan fingerprint density at radius 3 is 2.72 bits per heavy atom. The standard InChI is InChI=1S/C19H33N5O/c1-3-22-10-6-5-8-18(22)19(25)23-11-7-9-21(12-13-23)15-17-14-20-24(4-2)16-17/h14,16,18H,3-13,15H2,1-2H3. The minimum Gasteiger partial charge on any atom is -0.340 e. The number of aromatic nitrogens is 2. The van der Waals surface area contributed by atoms with E-state index in [0.29, 0.717) is 5.91 Å². The predicted molar refractivity (Wildman–Crippen MR) is 99.3 cm³/mol. The van der Waals surface area contributed by atoms with Crippen LogP contribution in [0.3, 0.4) is 0 Å². The molecule has 0 radical (unpaired) electrons. The number of amides is 1. The first-order chi connectivity index (χ1) is 12.2. The molecular formula is C19H33N5O. The summed E-state index contributed by atoms with van der Waals surface area (Å²) in [5, 5.41) is 4.37. The second-order valence-electron chi connectivity index (χ2n) is 7.30. The molecule has 2 aliphatic rings. The minimum absolute atomic E-state index is 0.119. The number of likely N-dealkylation sites (tertiary alicyclic amines) is 1. The van der Waals surface area contributed by atoms with Gasteiger partial charge in [0, 0.05) is 51.0 Å². The van der Waals surface area contributed by atoms with Crippen LogP contribution in [0.2, 0.25) is 0 Å². The summed E-state index contributed by atoms with van der Waals surface area (Å²) in [7, 11) is 0. The Morgan fingerprint density at radius 1 is 1.08 bits per heavy atom. The van der Waals surface area contributed by atoms with E-state index in [1.807, 2.05) is 10.9 Å². The second kappa shape index (κ2) is 8.81. The van der Waals surface area contributed by atoms with Gasteiger partial charge in [0.15, 0.2) is 0 Å². The van der Waals surface area contributed by atoms with E-state index in [4.69, 9.17) is 0 Å². The molecule has 3 rings (SSSR count). The lowest BCUT2D eigenvalue weighted by Crippen LogP contribution is -2.51. The SMILES string of the molecule is CCN1CCCCC1C(=O)N1CCCN(Cc2cnn(CC)c2)CC1. The number of piperidine rings is 1. The molecule has 1 aromatic rings. The summed E-state index contributed by atoms with van der Waals surface area (Å²) in [6.07, 6.45) is 8.62. The van der Waals surface area contributed by atoms with Gasteiger partial charge in [-0.2, -0.15) is 5.10 Å². The maximum Gasteiger partial charge on any atom is 0.239 e. The van der Waals surface area contributed by atoms with Crippen molar-refractivity contribution in [2.75, 3.05) is 39.3 Å². The average molecular weight is 348 g/mol. The highest BCUT2D eigenvalue weighted by Crippen LogP contribution is 2.19. The summed E-state index contributed by atoms with van der Waals surface area (Å²) in [5.74, 6) is 0.363. The molecule has 3 heterocycles. The van der Waals surface area contributed by atoms with Crippen LogP contribution in [0.1, 0.15) is 45.1 Å². The Labute approximate surface area is 151 Å². The number of carbonyl (C=O) groups excluding carboxylic acids is 1. The fourth-order valence-corrected chi connectivity index (χ4v) is 4.13. The molecule has 2 aliphatic heterocycles. The molecule has 1 aromatic heterocycles. The fraction of sp³-hybridized carbons (Fsp3) is 0.789. The summed E-state index contributed by atoms with van der Waals surface area (Å²) >= 11 is 0. The zero-order valence-corrected chi connectivity index (χ0v) is 15.9. The number of carbonyl (C=O) groups is 1. The van der Waals surface area contributed by atoms with Crippen molar-refractivity contribution in [1.29, 1.82) is 0 Å². The van der Waals surface area contributed by atoms with Gasteiger partial charge in [-0.15, -0.1) is 0 Å². The van der Waals surface area contributed by atoms with E-state index in [0.717, 1.165) is 65.2 Å². The Kier molecular flexibility index (Phi) is 6.48. The van der Waals surface area contributed by atoms with Gasteiger partial charge in [0.05, 0.1) is 12.2 Å². The summed E-state index contributed by atoms with van der Waals surface area (Å²) in [5.41, 5.74) is 1.27. The van der Waals surface area contributed by atoms with Crippen LogP contribution in [0.15, 0.2) is 12.4 Å². The topological polar surface area (TPSA) is 44.6 Å². The molecular weight excluding hydrogens is 314 g/mol. The summed E-state index contributed by atoms with van der Waals surface area (Å²) in [6, 6.07) is 0.119. The molecule has 0 N–H and O–H groups in total. The highest BCUT2D eigenvalue weighted by molar-refractivity contribution is 5.82. The summed E-state index contributed by atoms with van der Waals surface area (Å²) in [4.78, 5) is 20.0. The number of aryl methyl sites for hydroxylation is 1. The molecule has 25 heavy (non-hydrogen) atoms. The van der Waals surface area contributed by atoms with Crippen LogP contribution in [0, 0.1) is 0 Å². The molecule has 0 aromatic carbocycles. The van der Waals surface area contributed by atoms with Gasteiger partial charge in [-0.3, -0.25) is 19.3 Å². The fourth-order valence-electron chi connectivity index (χ4n) is 4.13. The number of hydrogen-bond acceptors (Lipinski definition) is 4. The van der Waals surface area contributed by atoms with E-state index in [9.17, 15) is 4.79 Å². The zero-order valence-electron chi connectivity index (χ0n) is 15.9. The maximum absolute atomic E-state index is 13.0. The zero-order chi connectivity index (χ0) is 17.6. The van der Waals surface area contributed by atoms with Gasteiger partial charge in [-0.1, -0.05) is 13.3 Å². The molecule has 1 amide bonds. The molecule has 1 unspecified atom stereocenters. The number of likely N-dealkylation sites (N-methyl/N-ethyl adjacent to an activating group) is 1. The number of hydrogen-bond donors (Lipinski definition) is 0. The van der Waals surface area contributed by atoms with E-state index in [2.05, 4.69) is 39.8 Å². The van der Waals surface area contributed by atoms with Crippen molar-refractivity contribution in [3.05, 3.63) is 18.0 Å². The molecule has 6 nitrogen and oxygen atoms in total. The van der Waals surface area contributed by atoms with Crippen molar-refractivity contribution in [1.82, 2.24) is 24.5 Å². The maximum atomic E-state index is 13.0. The lowest BCUT2D eigenvalue weighted by atomic mass is 10.0. The molecule has 0 spiro atoms. The van der Waals surface area contributed by atoms with Crippen molar-refractivity contribution >= 4 is 5.91 Å². The lowest BCUT2D eigenvalue weighted by Gasteiger charge is -2.36. The Bertz CT molecular complexity index is 558. The molecule has 0 saturated carbocycles. The van der Waals surface area contributed by atoms with Crippen molar-refractivity contribution < 1.29 is 4.79 Å². The van der Waals surface area contributed by atoms with Crippen molar-refractivity contribution in [2.24, 2.45) is 0 Å². The van der Waals surface area contributed by atoms with Gasteiger partial charge in [-0.25, -0.2) is 0 Å². The Balaban J connectivity index is 1.54. The monoisotopic (exact) mass is 347 g/mol. The molecule has 2 fully saturated rings. The molecule has 6 heteroatoms. The quantitative estimate of drug-likeness (QED) is 0.815. The van der Waals surface area contributed by atoms with Crippen LogP contribution < -0.4 is 0 Å². The summed E-state index contributed by atoms with van der Waals surface area (Å²) in [6.45, 7) is 12.0. The van der Waals surface area contributed by atoms with Gasteiger partial charge in [0.2, 0.25) is 5.91 Å². The third-order valence-corrected chi connectivity index (χ3v) is 5.62. The third kappa shape index (κ3) is 4.61. The van der Waals surface area contributed by atoms with E-state index in [1.54, 1.807) is 0 Å². The molecule has 2 saturated heterocycles. The average Bonchev–Trinajstić information content (AvgIpc) is 2.98. The first-order valence-electron chi connectivity index (χ1n) is 9.97. The number of nitrogens with zero attached hydrogens (tertiary/aromatic N) is 5. The van der Waals surface area contributed by atoms with Crippen molar-refractivity contribution in [2.45, 2.75) is 58.7 Å². The molecule has 0 bridgehead atoms. The van der Waals surface area contributed by atoms with Gasteiger partial charge in [-0.05, 0) is 39.3 Å². The van der Waals surface area contributed by atoms with Crippen LogP contribution in [-0.4, -0.2) is 75.7 Å². The Hall–Kier alpha value is -1.40. The number of rotatable bonds is 5.